The molecule has 1 amide bonds. The van der Waals surface area contributed by atoms with Crippen LogP contribution in [0.2, 0.25) is 0 Å². The third kappa shape index (κ3) is 6.88. The van der Waals surface area contributed by atoms with E-state index in [1.54, 1.807) is 7.11 Å². The van der Waals surface area contributed by atoms with Gasteiger partial charge in [0.25, 0.3) is 0 Å². The number of nitrogens with zero attached hydrogens (tertiary/aromatic N) is 1. The van der Waals surface area contributed by atoms with E-state index < -0.39 is 5.92 Å². The molecule has 2 unspecified atom stereocenters. The van der Waals surface area contributed by atoms with Gasteiger partial charge in [0.05, 0.1) is 31.0 Å². The van der Waals surface area contributed by atoms with E-state index in [9.17, 15) is 9.59 Å². The molecule has 0 aromatic carbocycles. The number of carbonyl (C=O) groups is 2. The number of methoxy groups -OCH3 is 1. The summed E-state index contributed by atoms with van der Waals surface area (Å²) in [5.74, 6) is -0.844. The average Bonchev–Trinajstić information content (AvgIpc) is 3.71. The minimum Gasteiger partial charge on any atom is -0.460 e. The van der Waals surface area contributed by atoms with Crippen LogP contribution in [-0.4, -0.2) is 87.2 Å². The number of epoxide rings is 2. The summed E-state index contributed by atoms with van der Waals surface area (Å²) in [5.41, 5.74) is 0.636. The minimum absolute atomic E-state index is 0.0157. The van der Waals surface area contributed by atoms with E-state index in [0.717, 1.165) is 25.8 Å². The van der Waals surface area contributed by atoms with E-state index in [2.05, 4.69) is 37.1 Å². The molecular weight excluding hydrogens is 460 g/mol. The maximum atomic E-state index is 13.1. The molecule has 2 saturated heterocycles. The summed E-state index contributed by atoms with van der Waals surface area (Å²) < 4.78 is 24.2. The van der Waals surface area contributed by atoms with Crippen molar-refractivity contribution in [1.82, 2.24) is 10.2 Å². The van der Waals surface area contributed by atoms with Gasteiger partial charge < -0.3 is 29.2 Å². The fraction of sp³-hybridized carbons (Fsp3) is 0.857. The number of nitrogens with one attached hydrogen (secondary N) is 1. The van der Waals surface area contributed by atoms with Gasteiger partial charge in [0.1, 0.15) is 23.4 Å². The van der Waals surface area contributed by atoms with Crippen LogP contribution in [0.1, 0.15) is 66.7 Å². The van der Waals surface area contributed by atoms with E-state index in [1.807, 2.05) is 27.9 Å². The van der Waals surface area contributed by atoms with E-state index in [0.29, 0.717) is 19.6 Å². The van der Waals surface area contributed by atoms with Gasteiger partial charge in [-0.2, -0.15) is 0 Å². The van der Waals surface area contributed by atoms with Crippen molar-refractivity contribution in [2.45, 2.75) is 96.2 Å². The Balaban J connectivity index is 1.62. The van der Waals surface area contributed by atoms with Crippen LogP contribution in [0.4, 0.5) is 0 Å². The molecule has 3 fully saturated rings. The second kappa shape index (κ2) is 11.9. The van der Waals surface area contributed by atoms with Crippen molar-refractivity contribution in [2.75, 3.05) is 40.9 Å². The van der Waals surface area contributed by atoms with E-state index in [4.69, 9.17) is 18.9 Å². The molecule has 1 N–H and O–H groups in total. The molecule has 1 spiro atoms. The average molecular weight is 509 g/mol. The number of ether oxygens (including phenoxy) is 4. The summed E-state index contributed by atoms with van der Waals surface area (Å²) >= 11 is 0. The van der Waals surface area contributed by atoms with Crippen LogP contribution in [0.15, 0.2) is 11.6 Å². The number of amides is 1. The summed E-state index contributed by atoms with van der Waals surface area (Å²) in [7, 11) is 5.69. The first-order chi connectivity index (χ1) is 16.9. The second-order valence-corrected chi connectivity index (χ2v) is 11.9. The highest BCUT2D eigenvalue weighted by Crippen LogP contribution is 2.59. The summed E-state index contributed by atoms with van der Waals surface area (Å²) in [6.45, 7) is 12.4. The zero-order valence-electron chi connectivity index (χ0n) is 23.6. The highest BCUT2D eigenvalue weighted by atomic mass is 16.6. The molecule has 3 rings (SSSR count). The van der Waals surface area contributed by atoms with Gasteiger partial charge in [0.2, 0.25) is 5.91 Å². The molecule has 0 aromatic heterocycles. The smallest absolute Gasteiger partial charge is 0.306 e. The molecular formula is C28H48N2O6. The molecule has 1 aliphatic carbocycles. The van der Waals surface area contributed by atoms with Crippen LogP contribution in [0.3, 0.4) is 0 Å². The molecule has 3 aliphatic rings. The Bertz CT molecular complexity index is 804. The Morgan fingerprint density at radius 1 is 1.25 bits per heavy atom. The summed E-state index contributed by atoms with van der Waals surface area (Å²) in [5, 5.41) is 2.99. The predicted octanol–water partition coefficient (Wildman–Crippen LogP) is 3.34. The van der Waals surface area contributed by atoms with Crippen LogP contribution < -0.4 is 5.32 Å². The minimum atomic E-state index is -0.423. The molecule has 8 nitrogen and oxygen atoms in total. The zero-order valence-corrected chi connectivity index (χ0v) is 23.6. The third-order valence-electron chi connectivity index (χ3n) is 8.13. The Labute approximate surface area is 217 Å². The lowest BCUT2D eigenvalue weighted by Gasteiger charge is -2.42. The molecule has 2 aliphatic heterocycles. The first kappa shape index (κ1) is 29.1. The second-order valence-electron chi connectivity index (χ2n) is 11.9. The SMILES string of the molecule is CO[C@H]1C(C2(C)O[C@@H]2CC=C(C)C)[C@]2(CC[C@H]1OC(=O)C[C@@H](C(=O)NCCCN(C)C)C(C)C)CO2. The lowest BCUT2D eigenvalue weighted by molar-refractivity contribution is -0.173. The van der Waals surface area contributed by atoms with Crippen molar-refractivity contribution in [3.05, 3.63) is 11.6 Å². The van der Waals surface area contributed by atoms with Gasteiger partial charge in [-0.3, -0.25) is 9.59 Å². The Kier molecular flexibility index (Phi) is 9.63. The van der Waals surface area contributed by atoms with E-state index in [-0.39, 0.29) is 59.6 Å². The molecule has 7 atom stereocenters. The topological polar surface area (TPSA) is 92.9 Å². The Morgan fingerprint density at radius 2 is 1.94 bits per heavy atom. The van der Waals surface area contributed by atoms with Crippen LogP contribution in [0.25, 0.3) is 0 Å². The first-order valence-electron chi connectivity index (χ1n) is 13.5. The molecule has 0 bridgehead atoms. The van der Waals surface area contributed by atoms with Crippen LogP contribution in [0, 0.1) is 17.8 Å². The molecule has 1 saturated carbocycles. The Hall–Kier alpha value is -1.48. The molecule has 206 valence electrons. The maximum Gasteiger partial charge on any atom is 0.306 e. The molecule has 2 heterocycles. The molecule has 8 heteroatoms. The monoisotopic (exact) mass is 508 g/mol. The summed E-state index contributed by atoms with van der Waals surface area (Å²) in [4.78, 5) is 28.0. The fourth-order valence-electron chi connectivity index (χ4n) is 5.84. The van der Waals surface area contributed by atoms with Crippen molar-refractivity contribution in [1.29, 1.82) is 0 Å². The van der Waals surface area contributed by atoms with Gasteiger partial charge >= 0.3 is 5.97 Å². The number of esters is 1. The number of rotatable bonds is 13. The standard InChI is InChI=1S/C28H48N2O6/c1-18(2)10-11-22-27(5,36-22)25-24(33-8)21(12-13-28(25)17-34-28)35-23(31)16-20(19(3)4)26(32)29-14-9-15-30(6)7/h10,19-22,24-25H,9,11-17H2,1-8H3,(H,29,32)/t20-,21-,22-,24-,25?,27?,28+/m1/s1. The zero-order chi connectivity index (χ0) is 26.7. The van der Waals surface area contributed by atoms with Crippen molar-refractivity contribution < 1.29 is 28.5 Å². The van der Waals surface area contributed by atoms with Crippen molar-refractivity contribution in [3.63, 3.8) is 0 Å². The quantitative estimate of drug-likeness (QED) is 0.177. The summed E-state index contributed by atoms with van der Waals surface area (Å²) in [6, 6.07) is 0. The third-order valence-corrected chi connectivity index (χ3v) is 8.13. The maximum absolute atomic E-state index is 13.1. The van der Waals surface area contributed by atoms with Gasteiger partial charge in [-0.25, -0.2) is 0 Å². The van der Waals surface area contributed by atoms with E-state index >= 15 is 0 Å². The molecule has 0 aromatic rings. The van der Waals surface area contributed by atoms with Crippen LogP contribution in [0.5, 0.6) is 0 Å². The summed E-state index contributed by atoms with van der Waals surface area (Å²) in [6.07, 6.45) is 4.88. The van der Waals surface area contributed by atoms with Crippen molar-refractivity contribution in [2.24, 2.45) is 17.8 Å². The lowest BCUT2D eigenvalue weighted by atomic mass is 9.68. The normalized spacial score (nSPS) is 33.9. The highest BCUT2D eigenvalue weighted by Gasteiger charge is 2.72. The molecule has 0 radical (unpaired) electrons. The van der Waals surface area contributed by atoms with Gasteiger partial charge in [-0.15, -0.1) is 0 Å². The largest absolute Gasteiger partial charge is 0.460 e. The predicted molar refractivity (Wildman–Crippen MR) is 139 cm³/mol. The van der Waals surface area contributed by atoms with Crippen LogP contribution >= 0.6 is 0 Å². The first-order valence-corrected chi connectivity index (χ1v) is 13.5. The fourth-order valence-corrected chi connectivity index (χ4v) is 5.84. The molecule has 36 heavy (non-hydrogen) atoms. The van der Waals surface area contributed by atoms with Gasteiger partial charge in [0, 0.05) is 13.7 Å². The van der Waals surface area contributed by atoms with Gasteiger partial charge in [-0.1, -0.05) is 25.5 Å². The number of hydrogen-bond donors (Lipinski definition) is 1. The van der Waals surface area contributed by atoms with Crippen molar-refractivity contribution >= 4 is 11.9 Å². The van der Waals surface area contributed by atoms with Gasteiger partial charge in [-0.05, 0) is 73.0 Å². The number of carbonyl (C=O) groups excluding carboxylic acids is 2. The lowest BCUT2D eigenvalue weighted by Crippen LogP contribution is -2.55. The van der Waals surface area contributed by atoms with Crippen molar-refractivity contribution in [3.8, 4) is 0 Å². The Morgan fingerprint density at radius 3 is 2.50 bits per heavy atom. The number of allylic oxidation sites excluding steroid dienone is 1. The van der Waals surface area contributed by atoms with Gasteiger partial charge in [0.15, 0.2) is 0 Å². The highest BCUT2D eigenvalue weighted by molar-refractivity contribution is 5.84. The van der Waals surface area contributed by atoms with Crippen LogP contribution in [-0.2, 0) is 28.5 Å². The number of hydrogen-bond acceptors (Lipinski definition) is 7. The van der Waals surface area contributed by atoms with E-state index in [1.165, 1.54) is 5.57 Å².